The standard InChI is InChI=1S/C22H20F3N5O/c23-22(24,25)16-6-8-17(9-7-16)28-21(31)29-18-5-3-4-15(14-18)19-20(27-11-10-26-19)30-12-1-2-13-30/h3-11,14H,1-2,12-13H2,(H2,28,29,31). The first-order chi connectivity index (χ1) is 14.9. The lowest BCUT2D eigenvalue weighted by atomic mass is 10.1. The highest BCUT2D eigenvalue weighted by atomic mass is 19.4. The summed E-state index contributed by atoms with van der Waals surface area (Å²) in [7, 11) is 0. The van der Waals surface area contributed by atoms with E-state index in [1.54, 1.807) is 30.6 Å². The van der Waals surface area contributed by atoms with Crippen LogP contribution in [-0.4, -0.2) is 29.1 Å². The van der Waals surface area contributed by atoms with Gasteiger partial charge in [-0.05, 0) is 49.2 Å². The molecule has 6 nitrogen and oxygen atoms in total. The largest absolute Gasteiger partial charge is 0.416 e. The van der Waals surface area contributed by atoms with E-state index in [-0.39, 0.29) is 5.69 Å². The number of halogens is 3. The molecule has 0 saturated carbocycles. The van der Waals surface area contributed by atoms with Gasteiger partial charge >= 0.3 is 12.2 Å². The Kier molecular flexibility index (Phi) is 5.75. The monoisotopic (exact) mass is 427 g/mol. The molecule has 1 saturated heterocycles. The molecule has 2 aromatic carbocycles. The second kappa shape index (κ2) is 8.63. The Morgan fingerprint density at radius 3 is 2.29 bits per heavy atom. The number of hydrogen-bond donors (Lipinski definition) is 2. The van der Waals surface area contributed by atoms with Crippen LogP contribution < -0.4 is 15.5 Å². The second-order valence-electron chi connectivity index (χ2n) is 7.16. The van der Waals surface area contributed by atoms with Crippen molar-refractivity contribution in [2.75, 3.05) is 28.6 Å². The summed E-state index contributed by atoms with van der Waals surface area (Å²) in [6.07, 6.45) is 1.10. The molecule has 0 aliphatic carbocycles. The zero-order chi connectivity index (χ0) is 21.8. The van der Waals surface area contributed by atoms with Gasteiger partial charge in [0.05, 0.1) is 5.56 Å². The molecular weight excluding hydrogens is 407 g/mol. The SMILES string of the molecule is O=C(Nc1ccc(C(F)(F)F)cc1)Nc1cccc(-c2nccnc2N2CCCC2)c1. The molecule has 1 aliphatic rings. The van der Waals surface area contributed by atoms with E-state index < -0.39 is 17.8 Å². The maximum Gasteiger partial charge on any atom is 0.416 e. The topological polar surface area (TPSA) is 70.1 Å². The van der Waals surface area contributed by atoms with Crippen molar-refractivity contribution in [2.45, 2.75) is 19.0 Å². The van der Waals surface area contributed by atoms with E-state index in [0.717, 1.165) is 55.1 Å². The Hall–Kier alpha value is -3.62. The number of carbonyl (C=O) groups is 1. The van der Waals surface area contributed by atoms with Gasteiger partial charge in [-0.2, -0.15) is 13.2 Å². The van der Waals surface area contributed by atoms with Gasteiger partial charge in [-0.15, -0.1) is 0 Å². The number of anilines is 3. The Balaban J connectivity index is 1.47. The summed E-state index contributed by atoms with van der Waals surface area (Å²) in [6.45, 7) is 1.86. The Morgan fingerprint density at radius 1 is 0.903 bits per heavy atom. The number of rotatable bonds is 4. The second-order valence-corrected chi connectivity index (χ2v) is 7.16. The Morgan fingerprint density at radius 2 is 1.58 bits per heavy atom. The molecule has 0 bridgehead atoms. The maximum atomic E-state index is 12.7. The van der Waals surface area contributed by atoms with E-state index in [2.05, 4.69) is 25.5 Å². The highest BCUT2D eigenvalue weighted by Gasteiger charge is 2.30. The van der Waals surface area contributed by atoms with Gasteiger partial charge in [-0.25, -0.2) is 9.78 Å². The highest BCUT2D eigenvalue weighted by Crippen LogP contribution is 2.31. The van der Waals surface area contributed by atoms with Crippen molar-refractivity contribution in [3.8, 4) is 11.3 Å². The van der Waals surface area contributed by atoms with Crippen LogP contribution >= 0.6 is 0 Å². The van der Waals surface area contributed by atoms with Crippen LogP contribution in [0.2, 0.25) is 0 Å². The smallest absolute Gasteiger partial charge is 0.355 e. The number of urea groups is 1. The van der Waals surface area contributed by atoms with Crippen LogP contribution in [0.1, 0.15) is 18.4 Å². The number of benzene rings is 2. The quantitative estimate of drug-likeness (QED) is 0.584. The summed E-state index contributed by atoms with van der Waals surface area (Å²) >= 11 is 0. The summed E-state index contributed by atoms with van der Waals surface area (Å²) < 4.78 is 38.0. The van der Waals surface area contributed by atoms with E-state index in [1.807, 2.05) is 6.07 Å². The van der Waals surface area contributed by atoms with Gasteiger partial charge in [-0.3, -0.25) is 4.98 Å². The molecule has 4 rings (SSSR count). The van der Waals surface area contributed by atoms with Crippen LogP contribution in [0.15, 0.2) is 60.9 Å². The van der Waals surface area contributed by atoms with Crippen LogP contribution in [0.3, 0.4) is 0 Å². The zero-order valence-corrected chi connectivity index (χ0v) is 16.5. The molecule has 1 aromatic heterocycles. The molecule has 31 heavy (non-hydrogen) atoms. The zero-order valence-electron chi connectivity index (χ0n) is 16.5. The van der Waals surface area contributed by atoms with Gasteiger partial charge < -0.3 is 15.5 Å². The van der Waals surface area contributed by atoms with Gasteiger partial charge in [0.15, 0.2) is 5.82 Å². The molecule has 1 aliphatic heterocycles. The van der Waals surface area contributed by atoms with Crippen molar-refractivity contribution in [2.24, 2.45) is 0 Å². The minimum Gasteiger partial charge on any atom is -0.355 e. The predicted octanol–water partition coefficient (Wildman–Crippen LogP) is 5.41. The van der Waals surface area contributed by atoms with Crippen molar-refractivity contribution in [1.82, 2.24) is 9.97 Å². The van der Waals surface area contributed by atoms with Crippen molar-refractivity contribution in [3.05, 3.63) is 66.5 Å². The van der Waals surface area contributed by atoms with Gasteiger partial charge in [0.2, 0.25) is 0 Å². The molecule has 9 heteroatoms. The third-order valence-electron chi connectivity index (χ3n) is 4.95. The maximum absolute atomic E-state index is 12.7. The molecular formula is C22H20F3N5O. The first-order valence-electron chi connectivity index (χ1n) is 9.82. The number of carbonyl (C=O) groups excluding carboxylic acids is 1. The van der Waals surface area contributed by atoms with E-state index >= 15 is 0 Å². The fourth-order valence-electron chi connectivity index (χ4n) is 3.47. The fraction of sp³-hybridized carbons (Fsp3) is 0.227. The van der Waals surface area contributed by atoms with Gasteiger partial charge in [0, 0.05) is 42.4 Å². The molecule has 2 heterocycles. The summed E-state index contributed by atoms with van der Waals surface area (Å²) in [5.74, 6) is 0.811. The Bertz CT molecular complexity index is 1060. The summed E-state index contributed by atoms with van der Waals surface area (Å²) in [5.41, 5.74) is 1.55. The van der Waals surface area contributed by atoms with Crippen molar-refractivity contribution in [1.29, 1.82) is 0 Å². The summed E-state index contributed by atoms with van der Waals surface area (Å²) in [5, 5.41) is 5.23. The first-order valence-corrected chi connectivity index (χ1v) is 9.82. The molecule has 0 spiro atoms. The molecule has 3 aromatic rings. The third-order valence-corrected chi connectivity index (χ3v) is 4.95. The minimum atomic E-state index is -4.42. The lowest BCUT2D eigenvalue weighted by Crippen LogP contribution is -2.20. The van der Waals surface area contributed by atoms with Crippen LogP contribution in [0.4, 0.5) is 35.2 Å². The number of alkyl halides is 3. The average molecular weight is 427 g/mol. The van der Waals surface area contributed by atoms with Gasteiger partial charge in [-0.1, -0.05) is 12.1 Å². The van der Waals surface area contributed by atoms with Crippen LogP contribution in [0.5, 0.6) is 0 Å². The number of amides is 2. The molecule has 1 fully saturated rings. The lowest BCUT2D eigenvalue weighted by Gasteiger charge is -2.19. The lowest BCUT2D eigenvalue weighted by molar-refractivity contribution is -0.137. The van der Waals surface area contributed by atoms with E-state index in [0.29, 0.717) is 5.69 Å². The number of nitrogens with zero attached hydrogens (tertiary/aromatic N) is 3. The van der Waals surface area contributed by atoms with Gasteiger partial charge in [0.25, 0.3) is 0 Å². The molecule has 0 unspecified atom stereocenters. The molecule has 2 amide bonds. The van der Waals surface area contributed by atoms with E-state index in [1.165, 1.54) is 12.1 Å². The van der Waals surface area contributed by atoms with Crippen LogP contribution in [0, 0.1) is 0 Å². The normalized spacial score (nSPS) is 13.8. The van der Waals surface area contributed by atoms with E-state index in [4.69, 9.17) is 0 Å². The van der Waals surface area contributed by atoms with Gasteiger partial charge in [0.1, 0.15) is 5.69 Å². The summed E-state index contributed by atoms with van der Waals surface area (Å²) in [4.78, 5) is 23.5. The Labute approximate surface area is 177 Å². The number of aromatic nitrogens is 2. The minimum absolute atomic E-state index is 0.256. The van der Waals surface area contributed by atoms with Crippen molar-refractivity contribution in [3.63, 3.8) is 0 Å². The molecule has 160 valence electrons. The molecule has 2 N–H and O–H groups in total. The fourth-order valence-corrected chi connectivity index (χ4v) is 3.47. The average Bonchev–Trinajstić information content (AvgIpc) is 3.28. The number of hydrogen-bond acceptors (Lipinski definition) is 4. The summed E-state index contributed by atoms with van der Waals surface area (Å²) in [6, 6.07) is 10.9. The van der Waals surface area contributed by atoms with E-state index in [9.17, 15) is 18.0 Å². The van der Waals surface area contributed by atoms with Crippen molar-refractivity contribution >= 4 is 23.2 Å². The number of nitrogens with one attached hydrogen (secondary N) is 2. The first kappa shape index (κ1) is 20.6. The molecule has 0 atom stereocenters. The highest BCUT2D eigenvalue weighted by molar-refractivity contribution is 6.00. The van der Waals surface area contributed by atoms with Crippen LogP contribution in [0.25, 0.3) is 11.3 Å². The molecule has 0 radical (unpaired) electrons. The predicted molar refractivity (Wildman–Crippen MR) is 113 cm³/mol. The van der Waals surface area contributed by atoms with Crippen LogP contribution in [-0.2, 0) is 6.18 Å². The van der Waals surface area contributed by atoms with Crippen molar-refractivity contribution < 1.29 is 18.0 Å². The third kappa shape index (κ3) is 4.93.